The molecule has 164 valence electrons. The number of hydrogen-bond acceptors (Lipinski definition) is 9. The standard InChI is InChI=1S/C22H21N5O3S2/c1-2-30-19(28)14-31-22-25-24-21(32-22)23-20(29)17-13-18(15-9-5-3-6-10-15)27(26-17)16-11-7-4-8-12-16/h3-12,18H,2,13-14H2,1H3,(H,23,24,29). The maximum absolute atomic E-state index is 12.9. The molecule has 1 amide bonds. The van der Waals surface area contributed by atoms with E-state index in [-0.39, 0.29) is 23.7 Å². The third-order valence-electron chi connectivity index (χ3n) is 4.62. The number of carbonyl (C=O) groups excluding carboxylic acids is 2. The molecule has 1 atom stereocenters. The van der Waals surface area contributed by atoms with Crippen LogP contribution < -0.4 is 10.3 Å². The van der Waals surface area contributed by atoms with Crippen molar-refractivity contribution in [3.8, 4) is 0 Å². The van der Waals surface area contributed by atoms with Crippen molar-refractivity contribution in [1.82, 2.24) is 10.2 Å². The zero-order valence-corrected chi connectivity index (χ0v) is 18.9. The molecular weight excluding hydrogens is 446 g/mol. The van der Waals surface area contributed by atoms with Crippen LogP contribution in [0.3, 0.4) is 0 Å². The first kappa shape index (κ1) is 22.0. The van der Waals surface area contributed by atoms with Gasteiger partial charge >= 0.3 is 5.97 Å². The number of anilines is 2. The number of ether oxygens (including phenoxy) is 1. The van der Waals surface area contributed by atoms with Gasteiger partial charge in [-0.1, -0.05) is 71.6 Å². The van der Waals surface area contributed by atoms with Crippen LogP contribution in [0.15, 0.2) is 70.1 Å². The molecule has 32 heavy (non-hydrogen) atoms. The van der Waals surface area contributed by atoms with Gasteiger partial charge in [0, 0.05) is 6.42 Å². The summed E-state index contributed by atoms with van der Waals surface area (Å²) in [6, 6.07) is 19.7. The summed E-state index contributed by atoms with van der Waals surface area (Å²) in [6.45, 7) is 2.09. The Morgan fingerprint density at radius 1 is 1.12 bits per heavy atom. The van der Waals surface area contributed by atoms with E-state index in [9.17, 15) is 9.59 Å². The number of aromatic nitrogens is 2. The third-order valence-corrected chi connectivity index (χ3v) is 6.57. The van der Waals surface area contributed by atoms with Gasteiger partial charge in [0.15, 0.2) is 4.34 Å². The molecule has 4 rings (SSSR count). The largest absolute Gasteiger partial charge is 0.465 e. The predicted molar refractivity (Wildman–Crippen MR) is 126 cm³/mol. The van der Waals surface area contributed by atoms with Crippen LogP contribution in [0.4, 0.5) is 10.8 Å². The summed E-state index contributed by atoms with van der Waals surface area (Å²) in [5, 5.41) is 17.7. The molecule has 0 saturated carbocycles. The summed E-state index contributed by atoms with van der Waals surface area (Å²) in [4.78, 5) is 24.4. The van der Waals surface area contributed by atoms with Crippen LogP contribution in [-0.2, 0) is 14.3 Å². The van der Waals surface area contributed by atoms with Gasteiger partial charge in [0.05, 0.1) is 24.1 Å². The average Bonchev–Trinajstić information content (AvgIpc) is 3.46. The highest BCUT2D eigenvalue weighted by Gasteiger charge is 2.32. The van der Waals surface area contributed by atoms with Gasteiger partial charge in [0.1, 0.15) is 5.71 Å². The molecule has 0 saturated heterocycles. The Morgan fingerprint density at radius 2 is 1.84 bits per heavy atom. The summed E-state index contributed by atoms with van der Waals surface area (Å²) in [5.74, 6) is -0.484. The van der Waals surface area contributed by atoms with Gasteiger partial charge in [-0.05, 0) is 24.6 Å². The number of hydrogen-bond donors (Lipinski definition) is 1. The second kappa shape index (κ2) is 10.4. The molecule has 0 spiro atoms. The predicted octanol–water partition coefficient (Wildman–Crippen LogP) is 4.14. The molecule has 2 heterocycles. The molecule has 0 bridgehead atoms. The van der Waals surface area contributed by atoms with Crippen molar-refractivity contribution in [2.75, 3.05) is 22.7 Å². The highest BCUT2D eigenvalue weighted by Crippen LogP contribution is 2.35. The lowest BCUT2D eigenvalue weighted by Crippen LogP contribution is -2.21. The first-order valence-corrected chi connectivity index (χ1v) is 11.8. The van der Waals surface area contributed by atoms with Crippen LogP contribution in [0.25, 0.3) is 0 Å². The Kier molecular flexibility index (Phi) is 7.13. The molecular formula is C22H21N5O3S2. The van der Waals surface area contributed by atoms with Crippen LogP contribution in [0.1, 0.15) is 24.9 Å². The van der Waals surface area contributed by atoms with E-state index in [0.717, 1.165) is 11.3 Å². The molecule has 1 aliphatic rings. The quantitative estimate of drug-likeness (QED) is 0.302. The summed E-state index contributed by atoms with van der Waals surface area (Å²) in [7, 11) is 0. The highest BCUT2D eigenvalue weighted by atomic mass is 32.2. The Labute approximate surface area is 193 Å². The molecule has 0 aliphatic carbocycles. The number of rotatable bonds is 8. The van der Waals surface area contributed by atoms with E-state index in [4.69, 9.17) is 4.74 Å². The normalized spacial score (nSPS) is 15.3. The minimum Gasteiger partial charge on any atom is -0.465 e. The lowest BCUT2D eigenvalue weighted by molar-refractivity contribution is -0.139. The van der Waals surface area contributed by atoms with Crippen molar-refractivity contribution in [3.63, 3.8) is 0 Å². The molecule has 1 unspecified atom stereocenters. The molecule has 3 aromatic rings. The Balaban J connectivity index is 1.46. The maximum atomic E-state index is 12.9. The Bertz CT molecular complexity index is 1110. The lowest BCUT2D eigenvalue weighted by atomic mass is 10.0. The van der Waals surface area contributed by atoms with Gasteiger partial charge in [-0.25, -0.2) is 0 Å². The Morgan fingerprint density at radius 3 is 2.56 bits per heavy atom. The van der Waals surface area contributed by atoms with E-state index in [1.54, 1.807) is 6.92 Å². The summed E-state index contributed by atoms with van der Waals surface area (Å²) < 4.78 is 5.48. The molecule has 0 radical (unpaired) electrons. The van der Waals surface area contributed by atoms with Crippen LogP contribution in [0, 0.1) is 0 Å². The number of carbonyl (C=O) groups is 2. The second-order valence-corrected chi connectivity index (χ2v) is 8.98. The van der Waals surface area contributed by atoms with Crippen molar-refractivity contribution in [1.29, 1.82) is 0 Å². The van der Waals surface area contributed by atoms with E-state index in [0.29, 0.717) is 28.2 Å². The fraction of sp³-hybridized carbons (Fsp3) is 0.227. The second-order valence-electron chi connectivity index (χ2n) is 6.78. The van der Waals surface area contributed by atoms with Gasteiger partial charge in [-0.2, -0.15) is 5.10 Å². The van der Waals surface area contributed by atoms with Crippen LogP contribution in [0.2, 0.25) is 0 Å². The number of thioether (sulfide) groups is 1. The van der Waals surface area contributed by atoms with Gasteiger partial charge in [-0.3, -0.25) is 19.9 Å². The average molecular weight is 468 g/mol. The van der Waals surface area contributed by atoms with Crippen LogP contribution >= 0.6 is 23.1 Å². The fourth-order valence-electron chi connectivity index (χ4n) is 3.21. The molecule has 1 N–H and O–H groups in total. The molecule has 2 aromatic carbocycles. The smallest absolute Gasteiger partial charge is 0.316 e. The number of para-hydroxylation sites is 1. The first-order valence-electron chi connectivity index (χ1n) is 10.0. The number of amides is 1. The highest BCUT2D eigenvalue weighted by molar-refractivity contribution is 8.01. The molecule has 8 nitrogen and oxygen atoms in total. The summed E-state index contributed by atoms with van der Waals surface area (Å²) in [6.07, 6.45) is 0.466. The number of nitrogens with zero attached hydrogens (tertiary/aromatic N) is 4. The van der Waals surface area contributed by atoms with Crippen molar-refractivity contribution >= 4 is 51.5 Å². The van der Waals surface area contributed by atoms with Gasteiger partial charge < -0.3 is 4.74 Å². The monoisotopic (exact) mass is 467 g/mol. The van der Waals surface area contributed by atoms with Gasteiger partial charge in [0.2, 0.25) is 5.13 Å². The minimum atomic E-state index is -0.317. The third kappa shape index (κ3) is 5.32. The van der Waals surface area contributed by atoms with E-state index in [1.165, 1.54) is 23.1 Å². The van der Waals surface area contributed by atoms with E-state index in [1.807, 2.05) is 65.7 Å². The van der Waals surface area contributed by atoms with Gasteiger partial charge in [0.25, 0.3) is 5.91 Å². The summed E-state index contributed by atoms with van der Waals surface area (Å²) >= 11 is 2.43. The van der Waals surface area contributed by atoms with Crippen molar-refractivity contribution in [2.24, 2.45) is 5.10 Å². The van der Waals surface area contributed by atoms with Gasteiger partial charge in [-0.15, -0.1) is 10.2 Å². The molecule has 0 fully saturated rings. The number of benzene rings is 2. The van der Waals surface area contributed by atoms with Crippen molar-refractivity contribution in [3.05, 3.63) is 66.2 Å². The molecule has 1 aromatic heterocycles. The topological polar surface area (TPSA) is 96.8 Å². The maximum Gasteiger partial charge on any atom is 0.316 e. The first-order chi connectivity index (χ1) is 15.6. The molecule has 1 aliphatic heterocycles. The zero-order valence-electron chi connectivity index (χ0n) is 17.3. The van der Waals surface area contributed by atoms with E-state index in [2.05, 4.69) is 20.6 Å². The van der Waals surface area contributed by atoms with Crippen LogP contribution in [-0.4, -0.2) is 40.1 Å². The van der Waals surface area contributed by atoms with E-state index < -0.39 is 0 Å². The number of nitrogens with one attached hydrogen (secondary N) is 1. The Hall–Kier alpha value is -3.24. The summed E-state index contributed by atoms with van der Waals surface area (Å²) in [5.41, 5.74) is 2.41. The number of hydrazone groups is 1. The number of esters is 1. The lowest BCUT2D eigenvalue weighted by Gasteiger charge is -2.23. The van der Waals surface area contributed by atoms with Crippen molar-refractivity contribution in [2.45, 2.75) is 23.7 Å². The zero-order chi connectivity index (χ0) is 22.3. The van der Waals surface area contributed by atoms with E-state index >= 15 is 0 Å². The van der Waals surface area contributed by atoms with Crippen LogP contribution in [0.5, 0.6) is 0 Å². The SMILES string of the molecule is CCOC(=O)CSc1nnc(NC(=O)C2=NN(c3ccccc3)C(c3ccccc3)C2)s1. The molecule has 10 heteroatoms. The van der Waals surface area contributed by atoms with Crippen molar-refractivity contribution < 1.29 is 14.3 Å². The fourth-order valence-corrected chi connectivity index (χ4v) is 4.76. The minimum absolute atomic E-state index is 0.0792.